The Kier molecular flexibility index (Phi) is 4.61. The average Bonchev–Trinajstić information content (AvgIpc) is 2.64. The standard InChI is InChI=1S/C19H19ClN4O2/c1-11-10-26-7-5-16(11)22-19-15-9-21-6-4-13(15)18(23-24-19)14-3-2-12(20)8-17(14)25/h2-4,6,8-9,11,16,25H,5,7,10H2,1H3,(H,22,24)/t11-,16?/m0/s1. The zero-order valence-electron chi connectivity index (χ0n) is 14.3. The van der Waals surface area contributed by atoms with Gasteiger partial charge in [0.1, 0.15) is 11.4 Å². The van der Waals surface area contributed by atoms with Gasteiger partial charge in [-0.05, 0) is 36.6 Å². The Morgan fingerprint density at radius 2 is 2.12 bits per heavy atom. The fraction of sp³-hybridized carbons (Fsp3) is 0.316. The summed E-state index contributed by atoms with van der Waals surface area (Å²) >= 11 is 5.94. The Morgan fingerprint density at radius 3 is 2.92 bits per heavy atom. The average molecular weight is 371 g/mol. The molecule has 1 saturated heterocycles. The Labute approximate surface area is 156 Å². The molecule has 0 bridgehead atoms. The zero-order chi connectivity index (χ0) is 18.1. The van der Waals surface area contributed by atoms with Gasteiger partial charge in [-0.15, -0.1) is 10.2 Å². The number of aromatic nitrogens is 3. The molecule has 0 spiro atoms. The lowest BCUT2D eigenvalue weighted by Gasteiger charge is -2.30. The highest BCUT2D eigenvalue weighted by Crippen LogP contribution is 2.36. The highest BCUT2D eigenvalue weighted by molar-refractivity contribution is 6.30. The normalized spacial score (nSPS) is 20.2. The van der Waals surface area contributed by atoms with E-state index in [-0.39, 0.29) is 11.8 Å². The lowest BCUT2D eigenvalue weighted by atomic mass is 9.97. The number of hydrogen-bond donors (Lipinski definition) is 2. The summed E-state index contributed by atoms with van der Waals surface area (Å²) in [6.45, 7) is 3.63. The maximum absolute atomic E-state index is 10.3. The summed E-state index contributed by atoms with van der Waals surface area (Å²) in [7, 11) is 0. The van der Waals surface area contributed by atoms with Crippen molar-refractivity contribution < 1.29 is 9.84 Å². The molecule has 4 rings (SSSR count). The summed E-state index contributed by atoms with van der Waals surface area (Å²) in [5.74, 6) is 1.16. The van der Waals surface area contributed by atoms with E-state index in [9.17, 15) is 5.11 Å². The number of rotatable bonds is 3. The molecule has 0 saturated carbocycles. The number of ether oxygens (including phenoxy) is 1. The van der Waals surface area contributed by atoms with Crippen molar-refractivity contribution in [2.24, 2.45) is 5.92 Å². The highest BCUT2D eigenvalue weighted by Gasteiger charge is 2.23. The van der Waals surface area contributed by atoms with Crippen LogP contribution in [-0.4, -0.2) is 39.5 Å². The predicted octanol–water partition coefficient (Wildman–Crippen LogP) is 3.89. The molecule has 2 N–H and O–H groups in total. The number of benzene rings is 1. The lowest BCUT2D eigenvalue weighted by Crippen LogP contribution is -2.36. The van der Waals surface area contributed by atoms with Gasteiger partial charge in [-0.3, -0.25) is 4.98 Å². The minimum absolute atomic E-state index is 0.0728. The van der Waals surface area contributed by atoms with E-state index in [4.69, 9.17) is 16.3 Å². The first-order valence-corrected chi connectivity index (χ1v) is 8.95. The number of pyridine rings is 1. The molecular formula is C19H19ClN4O2. The topological polar surface area (TPSA) is 80.2 Å². The summed E-state index contributed by atoms with van der Waals surface area (Å²) < 4.78 is 5.51. The molecule has 1 aromatic carbocycles. The van der Waals surface area contributed by atoms with Gasteiger partial charge in [-0.25, -0.2) is 0 Å². The summed E-state index contributed by atoms with van der Waals surface area (Å²) in [4.78, 5) is 4.24. The van der Waals surface area contributed by atoms with Crippen LogP contribution in [0.5, 0.6) is 5.75 Å². The van der Waals surface area contributed by atoms with E-state index in [1.54, 1.807) is 24.5 Å². The van der Waals surface area contributed by atoms with Crippen LogP contribution in [0.2, 0.25) is 5.02 Å². The highest BCUT2D eigenvalue weighted by atomic mass is 35.5. The third-order valence-corrected chi connectivity index (χ3v) is 4.99. The molecule has 1 aliphatic rings. The quantitative estimate of drug-likeness (QED) is 0.728. The van der Waals surface area contributed by atoms with Crippen molar-refractivity contribution in [3.8, 4) is 17.0 Å². The fourth-order valence-corrected chi connectivity index (χ4v) is 3.44. The number of nitrogens with one attached hydrogen (secondary N) is 1. The number of nitrogens with zero attached hydrogens (tertiary/aromatic N) is 3. The van der Waals surface area contributed by atoms with E-state index < -0.39 is 0 Å². The summed E-state index contributed by atoms with van der Waals surface area (Å²) in [5, 5.41) is 24.7. The molecule has 134 valence electrons. The lowest BCUT2D eigenvalue weighted by molar-refractivity contribution is 0.0537. The Morgan fingerprint density at radius 1 is 1.23 bits per heavy atom. The molecule has 2 atom stereocenters. The molecule has 3 heterocycles. The van der Waals surface area contributed by atoms with E-state index in [2.05, 4.69) is 27.4 Å². The maximum atomic E-state index is 10.3. The van der Waals surface area contributed by atoms with E-state index >= 15 is 0 Å². The van der Waals surface area contributed by atoms with Crippen LogP contribution >= 0.6 is 11.6 Å². The van der Waals surface area contributed by atoms with Crippen molar-refractivity contribution in [1.29, 1.82) is 0 Å². The first-order chi connectivity index (χ1) is 12.6. The van der Waals surface area contributed by atoms with Gasteiger partial charge in [0.25, 0.3) is 0 Å². The molecule has 1 unspecified atom stereocenters. The molecule has 3 aromatic rings. The second kappa shape index (κ2) is 7.05. The van der Waals surface area contributed by atoms with Crippen molar-refractivity contribution in [3.63, 3.8) is 0 Å². The maximum Gasteiger partial charge on any atom is 0.158 e. The summed E-state index contributed by atoms with van der Waals surface area (Å²) in [6, 6.07) is 7.13. The number of hydrogen-bond acceptors (Lipinski definition) is 6. The van der Waals surface area contributed by atoms with Crippen LogP contribution in [0.1, 0.15) is 13.3 Å². The van der Waals surface area contributed by atoms with Crippen LogP contribution in [0.3, 0.4) is 0 Å². The Balaban J connectivity index is 1.78. The van der Waals surface area contributed by atoms with Crippen molar-refractivity contribution in [2.45, 2.75) is 19.4 Å². The second-order valence-corrected chi connectivity index (χ2v) is 7.01. The largest absolute Gasteiger partial charge is 0.507 e. The number of anilines is 1. The third kappa shape index (κ3) is 3.18. The third-order valence-electron chi connectivity index (χ3n) is 4.76. The molecule has 6 nitrogen and oxygen atoms in total. The van der Waals surface area contributed by atoms with Gasteiger partial charge in [0.05, 0.1) is 6.61 Å². The molecule has 0 amide bonds. The minimum Gasteiger partial charge on any atom is -0.507 e. The van der Waals surface area contributed by atoms with E-state index in [0.29, 0.717) is 28.0 Å². The van der Waals surface area contributed by atoms with Gasteiger partial charge in [0.2, 0.25) is 0 Å². The number of aromatic hydroxyl groups is 1. The molecular weight excluding hydrogens is 352 g/mol. The van der Waals surface area contributed by atoms with Crippen LogP contribution in [0.15, 0.2) is 36.7 Å². The monoisotopic (exact) mass is 370 g/mol. The van der Waals surface area contributed by atoms with Gasteiger partial charge in [0.15, 0.2) is 5.82 Å². The van der Waals surface area contributed by atoms with Crippen molar-refractivity contribution in [3.05, 3.63) is 41.7 Å². The van der Waals surface area contributed by atoms with Crippen LogP contribution < -0.4 is 5.32 Å². The summed E-state index contributed by atoms with van der Waals surface area (Å²) in [6.07, 6.45) is 4.40. The Bertz CT molecular complexity index is 950. The second-order valence-electron chi connectivity index (χ2n) is 6.57. The van der Waals surface area contributed by atoms with E-state index in [0.717, 1.165) is 30.4 Å². The molecule has 2 aromatic heterocycles. The van der Waals surface area contributed by atoms with Crippen molar-refractivity contribution in [1.82, 2.24) is 15.2 Å². The first-order valence-electron chi connectivity index (χ1n) is 8.57. The number of phenols is 1. The molecule has 1 fully saturated rings. The van der Waals surface area contributed by atoms with Crippen LogP contribution in [0.4, 0.5) is 5.82 Å². The number of phenolic OH excluding ortho intramolecular Hbond substituents is 1. The van der Waals surface area contributed by atoms with Crippen molar-refractivity contribution >= 4 is 28.2 Å². The van der Waals surface area contributed by atoms with Gasteiger partial charge < -0.3 is 15.2 Å². The van der Waals surface area contributed by atoms with Crippen LogP contribution in [0.25, 0.3) is 22.0 Å². The zero-order valence-corrected chi connectivity index (χ0v) is 15.1. The van der Waals surface area contributed by atoms with Gasteiger partial charge in [-0.1, -0.05) is 18.5 Å². The van der Waals surface area contributed by atoms with E-state index in [1.165, 1.54) is 6.07 Å². The van der Waals surface area contributed by atoms with Crippen molar-refractivity contribution in [2.75, 3.05) is 18.5 Å². The Hall–Kier alpha value is -2.44. The van der Waals surface area contributed by atoms with E-state index in [1.807, 2.05) is 6.07 Å². The fourth-order valence-electron chi connectivity index (χ4n) is 3.28. The number of halogens is 1. The molecule has 1 aliphatic heterocycles. The predicted molar refractivity (Wildman–Crippen MR) is 101 cm³/mol. The van der Waals surface area contributed by atoms with Crippen LogP contribution in [-0.2, 0) is 4.74 Å². The molecule has 26 heavy (non-hydrogen) atoms. The SMILES string of the molecule is C[C@H]1COCCC1Nc1nnc(-c2ccc(Cl)cc2O)c2ccncc12. The number of fused-ring (bicyclic) bond motifs is 1. The van der Waals surface area contributed by atoms with Gasteiger partial charge >= 0.3 is 0 Å². The molecule has 0 radical (unpaired) electrons. The molecule has 0 aliphatic carbocycles. The van der Waals surface area contributed by atoms with Gasteiger partial charge in [-0.2, -0.15) is 0 Å². The van der Waals surface area contributed by atoms with Gasteiger partial charge in [0, 0.05) is 46.4 Å². The van der Waals surface area contributed by atoms with Crippen LogP contribution in [0, 0.1) is 5.92 Å². The first kappa shape index (κ1) is 17.0. The molecule has 7 heteroatoms. The summed E-state index contributed by atoms with van der Waals surface area (Å²) in [5.41, 5.74) is 1.19. The smallest absolute Gasteiger partial charge is 0.158 e. The minimum atomic E-state index is 0.0728.